The van der Waals surface area contributed by atoms with E-state index in [0.717, 1.165) is 0 Å². The lowest BCUT2D eigenvalue weighted by atomic mass is 10.1. The highest BCUT2D eigenvalue weighted by atomic mass is 16.4. The fraction of sp³-hybridized carbons (Fsp3) is 0.743. The number of amides is 6. The smallest absolute Gasteiger partial charge is 0.326 e. The van der Waals surface area contributed by atoms with Crippen molar-refractivity contribution in [3.8, 4) is 0 Å². The van der Waals surface area contributed by atoms with E-state index in [9.17, 15) is 53.4 Å². The van der Waals surface area contributed by atoms with Gasteiger partial charge in [0, 0.05) is 45.6 Å². The van der Waals surface area contributed by atoms with E-state index in [4.69, 9.17) is 10.8 Å². The summed E-state index contributed by atoms with van der Waals surface area (Å²) < 4.78 is 0. The van der Waals surface area contributed by atoms with Gasteiger partial charge in [0.05, 0.1) is 6.04 Å². The summed E-state index contributed by atoms with van der Waals surface area (Å²) in [5.74, 6) is -6.60. The van der Waals surface area contributed by atoms with Crippen molar-refractivity contribution in [3.05, 3.63) is 0 Å². The summed E-state index contributed by atoms with van der Waals surface area (Å²) in [6.07, 6.45) is 2.98. The maximum Gasteiger partial charge on any atom is 0.326 e. The Balaban J connectivity index is 1.26. The number of nitrogens with zero attached hydrogens (tertiary/aromatic N) is 5. The number of likely N-dealkylation sites (tertiary alicyclic amines) is 5. The van der Waals surface area contributed by atoms with Gasteiger partial charge >= 0.3 is 17.9 Å². The molecule has 0 bridgehead atoms. The van der Waals surface area contributed by atoms with Crippen molar-refractivity contribution in [2.75, 3.05) is 32.7 Å². The standard InChI is InChI=1S/C35H51N7O12/c36-20(11-13-27(43)44)29(47)37-21(12-14-28(45)46)30(48)38-15-1-6-22(38)31(49)39-16-2-7-23(39)32(50)40-17-3-8-24(40)33(51)41-18-4-9-25(41)34(52)42-19-5-10-26(42)35(53)54/h20-26H,1-19,36H2,(H,37,47)(H,43,44)(H,45,46)(H,53,54)/t20-,21-,22-,23-,24-,25-,26-/m0/s1. The molecule has 5 heterocycles. The Morgan fingerprint density at radius 2 is 0.852 bits per heavy atom. The van der Waals surface area contributed by atoms with Crippen LogP contribution in [-0.2, 0) is 43.2 Å². The zero-order valence-electron chi connectivity index (χ0n) is 30.3. The second-order valence-electron chi connectivity index (χ2n) is 14.8. The molecular formula is C35H51N7O12. The average Bonchev–Trinajstić information content (AvgIpc) is 3.99. The molecule has 298 valence electrons. The van der Waals surface area contributed by atoms with Gasteiger partial charge in [0.1, 0.15) is 36.3 Å². The molecule has 5 saturated heterocycles. The molecule has 54 heavy (non-hydrogen) atoms. The van der Waals surface area contributed by atoms with Gasteiger partial charge in [0.15, 0.2) is 0 Å². The normalized spacial score (nSPS) is 26.5. The lowest BCUT2D eigenvalue weighted by Gasteiger charge is -2.36. The van der Waals surface area contributed by atoms with E-state index >= 15 is 0 Å². The van der Waals surface area contributed by atoms with Gasteiger partial charge in [-0.15, -0.1) is 0 Å². The summed E-state index contributed by atoms with van der Waals surface area (Å²) in [7, 11) is 0. The van der Waals surface area contributed by atoms with Crippen molar-refractivity contribution in [2.45, 2.75) is 132 Å². The Bertz CT molecular complexity index is 1520. The van der Waals surface area contributed by atoms with Crippen LogP contribution in [0.3, 0.4) is 0 Å². The number of hydrogen-bond acceptors (Lipinski definition) is 10. The molecule has 19 heteroatoms. The van der Waals surface area contributed by atoms with E-state index in [1.54, 1.807) is 0 Å². The lowest BCUT2D eigenvalue weighted by Crippen LogP contribution is -2.59. The van der Waals surface area contributed by atoms with E-state index in [-0.39, 0.29) is 51.2 Å². The minimum Gasteiger partial charge on any atom is -0.481 e. The third-order valence-corrected chi connectivity index (χ3v) is 11.4. The monoisotopic (exact) mass is 761 g/mol. The molecule has 0 aliphatic carbocycles. The largest absolute Gasteiger partial charge is 0.481 e. The van der Waals surface area contributed by atoms with Gasteiger partial charge in [-0.3, -0.25) is 38.4 Å². The SMILES string of the molecule is N[C@@H](CCC(=O)O)C(=O)N[C@@H](CCC(=O)O)C(=O)N1CCC[C@H]1C(=O)N1CCC[C@H]1C(=O)N1CCC[C@H]1C(=O)N1CCC[C@H]1C(=O)N1CCC[C@H]1C(=O)O. The Hall–Kier alpha value is -4.81. The quantitative estimate of drug-likeness (QED) is 0.136. The van der Waals surface area contributed by atoms with Gasteiger partial charge in [0.25, 0.3) is 0 Å². The second kappa shape index (κ2) is 17.6. The Morgan fingerprint density at radius 1 is 0.519 bits per heavy atom. The summed E-state index contributed by atoms with van der Waals surface area (Å²) in [4.78, 5) is 124. The van der Waals surface area contributed by atoms with Crippen LogP contribution in [0.2, 0.25) is 0 Å². The number of nitrogens with one attached hydrogen (secondary N) is 1. The molecular weight excluding hydrogens is 710 g/mol. The van der Waals surface area contributed by atoms with Crippen LogP contribution in [0.1, 0.15) is 89.9 Å². The van der Waals surface area contributed by atoms with Crippen LogP contribution < -0.4 is 11.1 Å². The first kappa shape index (κ1) is 40.4. The van der Waals surface area contributed by atoms with Crippen LogP contribution in [-0.4, -0.2) is 168 Å². The molecule has 6 N–H and O–H groups in total. The van der Waals surface area contributed by atoms with Crippen LogP contribution in [0.5, 0.6) is 0 Å². The molecule has 19 nitrogen and oxygen atoms in total. The van der Waals surface area contributed by atoms with Crippen molar-refractivity contribution in [2.24, 2.45) is 5.73 Å². The second-order valence-corrected chi connectivity index (χ2v) is 14.8. The number of aliphatic carboxylic acids is 3. The van der Waals surface area contributed by atoms with Crippen molar-refractivity contribution in [1.29, 1.82) is 0 Å². The molecule has 0 aromatic carbocycles. The fourth-order valence-electron chi connectivity index (χ4n) is 8.62. The van der Waals surface area contributed by atoms with Crippen molar-refractivity contribution < 1.29 is 58.5 Å². The van der Waals surface area contributed by atoms with Crippen LogP contribution in [0.15, 0.2) is 0 Å². The molecule has 0 saturated carbocycles. The van der Waals surface area contributed by atoms with E-state index < -0.39 is 96.2 Å². The van der Waals surface area contributed by atoms with Gasteiger partial charge in [-0.1, -0.05) is 0 Å². The molecule has 7 atom stereocenters. The molecule has 0 radical (unpaired) electrons. The molecule has 5 fully saturated rings. The first-order chi connectivity index (χ1) is 25.7. The summed E-state index contributed by atoms with van der Waals surface area (Å²) in [6.45, 7) is 1.27. The van der Waals surface area contributed by atoms with E-state index in [2.05, 4.69) is 5.32 Å². The number of rotatable bonds is 14. The topological polar surface area (TPSA) is 269 Å². The molecule has 5 rings (SSSR count). The average molecular weight is 762 g/mol. The Kier molecular flexibility index (Phi) is 13.1. The molecule has 0 aromatic heterocycles. The maximum absolute atomic E-state index is 14.2. The number of carboxylic acids is 3. The van der Waals surface area contributed by atoms with Crippen molar-refractivity contribution in [3.63, 3.8) is 0 Å². The van der Waals surface area contributed by atoms with Crippen LogP contribution in [0.25, 0.3) is 0 Å². The van der Waals surface area contributed by atoms with Gasteiger partial charge in [-0.25, -0.2) is 4.79 Å². The van der Waals surface area contributed by atoms with Gasteiger partial charge in [-0.05, 0) is 77.0 Å². The zero-order chi connectivity index (χ0) is 39.3. The zero-order valence-corrected chi connectivity index (χ0v) is 30.3. The number of carbonyl (C=O) groups is 9. The fourth-order valence-corrected chi connectivity index (χ4v) is 8.62. The van der Waals surface area contributed by atoms with Crippen LogP contribution in [0.4, 0.5) is 0 Å². The predicted molar refractivity (Wildman–Crippen MR) is 185 cm³/mol. The third kappa shape index (κ3) is 8.76. The number of hydrogen-bond donors (Lipinski definition) is 5. The molecule has 0 aromatic rings. The molecule has 5 aliphatic heterocycles. The highest BCUT2D eigenvalue weighted by molar-refractivity contribution is 5.98. The number of carbonyl (C=O) groups excluding carboxylic acids is 6. The minimum absolute atomic E-state index is 0.148. The summed E-state index contributed by atoms with van der Waals surface area (Å²) in [6, 6.07) is -7.07. The Labute approximate surface area is 312 Å². The number of nitrogens with two attached hydrogens (primary N) is 1. The van der Waals surface area contributed by atoms with Crippen LogP contribution in [0, 0.1) is 0 Å². The highest BCUT2D eigenvalue weighted by Gasteiger charge is 2.49. The van der Waals surface area contributed by atoms with E-state index in [1.807, 2.05) is 0 Å². The maximum atomic E-state index is 14.2. The summed E-state index contributed by atoms with van der Waals surface area (Å²) >= 11 is 0. The predicted octanol–water partition coefficient (Wildman–Crippen LogP) is -1.43. The van der Waals surface area contributed by atoms with E-state index in [0.29, 0.717) is 70.9 Å². The van der Waals surface area contributed by atoms with Crippen molar-refractivity contribution >= 4 is 53.4 Å². The highest BCUT2D eigenvalue weighted by Crippen LogP contribution is 2.32. The first-order valence-electron chi connectivity index (χ1n) is 19.0. The minimum atomic E-state index is -1.34. The van der Waals surface area contributed by atoms with Crippen LogP contribution >= 0.6 is 0 Å². The molecule has 6 amide bonds. The molecule has 0 spiro atoms. The van der Waals surface area contributed by atoms with Gasteiger partial charge in [0.2, 0.25) is 35.4 Å². The first-order valence-corrected chi connectivity index (χ1v) is 19.0. The van der Waals surface area contributed by atoms with Gasteiger partial charge < -0.3 is 50.9 Å². The third-order valence-electron chi connectivity index (χ3n) is 11.4. The Morgan fingerprint density at radius 3 is 1.24 bits per heavy atom. The van der Waals surface area contributed by atoms with Crippen molar-refractivity contribution in [1.82, 2.24) is 29.8 Å². The van der Waals surface area contributed by atoms with Gasteiger partial charge in [-0.2, -0.15) is 0 Å². The lowest BCUT2D eigenvalue weighted by molar-refractivity contribution is -0.155. The summed E-state index contributed by atoms with van der Waals surface area (Å²) in [5, 5.41) is 30.3. The summed E-state index contributed by atoms with van der Waals surface area (Å²) in [5.41, 5.74) is 5.83. The molecule has 0 unspecified atom stereocenters. The number of carboxylic acid groups (broad SMARTS) is 3. The molecule has 5 aliphatic rings. The van der Waals surface area contributed by atoms with E-state index in [1.165, 1.54) is 24.5 Å².